The number of pyridine rings is 1. The van der Waals surface area contributed by atoms with Crippen molar-refractivity contribution in [3.8, 4) is 22.8 Å². The zero-order chi connectivity index (χ0) is 20.1. The molecule has 3 N–H and O–H groups in total. The zero-order valence-electron chi connectivity index (χ0n) is 15.2. The van der Waals surface area contributed by atoms with E-state index in [4.69, 9.17) is 14.0 Å². The second kappa shape index (κ2) is 8.33. The molecule has 0 amide bonds. The first-order valence-electron chi connectivity index (χ1n) is 8.20. The van der Waals surface area contributed by atoms with Gasteiger partial charge in [-0.3, -0.25) is 4.55 Å². The molecule has 3 rings (SSSR count). The predicted molar refractivity (Wildman–Crippen MR) is 104 cm³/mol. The average molecular weight is 405 g/mol. The standard InChI is InChI=1S/C17H19N5O5S/c1-26-14-7-12-13(8-15(14)27-2)20-10-21-17(12)11-3-4-16(19-9-11)18-5-6-22-28(23,24)25/h3-4,7-10,22H,5-6H2,1-2H3,(H,18,19)(H,23,24,25). The van der Waals surface area contributed by atoms with E-state index in [9.17, 15) is 8.42 Å². The van der Waals surface area contributed by atoms with Crippen LogP contribution in [0.5, 0.6) is 11.5 Å². The molecule has 0 bridgehead atoms. The minimum atomic E-state index is -4.20. The molecule has 2 aromatic heterocycles. The Kier molecular flexibility index (Phi) is 5.87. The lowest BCUT2D eigenvalue weighted by molar-refractivity contribution is 0.356. The van der Waals surface area contributed by atoms with E-state index in [2.05, 4.69) is 20.3 Å². The number of ether oxygens (including phenoxy) is 2. The third-order valence-corrected chi connectivity index (χ3v) is 4.46. The van der Waals surface area contributed by atoms with Gasteiger partial charge >= 0.3 is 10.3 Å². The number of fused-ring (bicyclic) bond motifs is 1. The molecule has 148 valence electrons. The van der Waals surface area contributed by atoms with Crippen LogP contribution in [0.1, 0.15) is 0 Å². The van der Waals surface area contributed by atoms with Crippen molar-refractivity contribution in [2.24, 2.45) is 0 Å². The van der Waals surface area contributed by atoms with Crippen LogP contribution in [0.25, 0.3) is 22.2 Å². The Morgan fingerprint density at radius 2 is 1.79 bits per heavy atom. The second-order valence-electron chi connectivity index (χ2n) is 5.67. The van der Waals surface area contributed by atoms with E-state index < -0.39 is 10.3 Å². The third-order valence-electron chi connectivity index (χ3n) is 3.89. The minimum absolute atomic E-state index is 0.0282. The van der Waals surface area contributed by atoms with Crippen molar-refractivity contribution >= 4 is 27.0 Å². The summed E-state index contributed by atoms with van der Waals surface area (Å²) in [4.78, 5) is 13.0. The van der Waals surface area contributed by atoms with Crippen LogP contribution in [0.3, 0.4) is 0 Å². The van der Waals surface area contributed by atoms with Gasteiger partial charge in [0.1, 0.15) is 12.1 Å². The summed E-state index contributed by atoms with van der Waals surface area (Å²) in [5.41, 5.74) is 2.18. The molecule has 0 atom stereocenters. The number of benzene rings is 1. The maximum atomic E-state index is 10.6. The van der Waals surface area contributed by atoms with Gasteiger partial charge in [-0.1, -0.05) is 0 Å². The maximum absolute atomic E-state index is 10.6. The first kappa shape index (κ1) is 19.7. The molecule has 0 saturated carbocycles. The van der Waals surface area contributed by atoms with Crippen LogP contribution in [0.15, 0.2) is 36.8 Å². The van der Waals surface area contributed by atoms with E-state index in [-0.39, 0.29) is 13.1 Å². The molecule has 28 heavy (non-hydrogen) atoms. The molecule has 2 heterocycles. The monoisotopic (exact) mass is 405 g/mol. The van der Waals surface area contributed by atoms with Crippen molar-refractivity contribution < 1.29 is 22.4 Å². The van der Waals surface area contributed by atoms with Crippen molar-refractivity contribution in [1.29, 1.82) is 0 Å². The van der Waals surface area contributed by atoms with Gasteiger partial charge in [0, 0.05) is 36.3 Å². The smallest absolute Gasteiger partial charge is 0.333 e. The summed E-state index contributed by atoms with van der Waals surface area (Å²) in [5.74, 6) is 1.71. The number of aromatic nitrogens is 3. The van der Waals surface area contributed by atoms with Crippen LogP contribution >= 0.6 is 0 Å². The van der Waals surface area contributed by atoms with Gasteiger partial charge in [0.15, 0.2) is 11.5 Å². The molecule has 11 heteroatoms. The summed E-state index contributed by atoms with van der Waals surface area (Å²) in [6.07, 6.45) is 3.12. The summed E-state index contributed by atoms with van der Waals surface area (Å²) < 4.78 is 42.5. The lowest BCUT2D eigenvalue weighted by Crippen LogP contribution is -2.28. The molecule has 0 aliphatic rings. The second-order valence-corrected chi connectivity index (χ2v) is 6.91. The van der Waals surface area contributed by atoms with Crippen molar-refractivity contribution in [3.05, 3.63) is 36.8 Å². The van der Waals surface area contributed by atoms with Gasteiger partial charge in [-0.05, 0) is 18.2 Å². The van der Waals surface area contributed by atoms with E-state index in [0.717, 1.165) is 10.9 Å². The average Bonchev–Trinajstić information content (AvgIpc) is 2.69. The van der Waals surface area contributed by atoms with E-state index in [1.165, 1.54) is 6.33 Å². The zero-order valence-corrected chi connectivity index (χ0v) is 16.0. The highest BCUT2D eigenvalue weighted by Gasteiger charge is 2.12. The van der Waals surface area contributed by atoms with Gasteiger partial charge < -0.3 is 14.8 Å². The summed E-state index contributed by atoms with van der Waals surface area (Å²) in [7, 11) is -1.07. The Morgan fingerprint density at radius 1 is 1.04 bits per heavy atom. The lowest BCUT2D eigenvalue weighted by Gasteiger charge is -2.11. The van der Waals surface area contributed by atoms with Crippen molar-refractivity contribution in [1.82, 2.24) is 19.7 Å². The highest BCUT2D eigenvalue weighted by molar-refractivity contribution is 7.83. The molecule has 3 aromatic rings. The summed E-state index contributed by atoms with van der Waals surface area (Å²) in [6, 6.07) is 7.18. The van der Waals surface area contributed by atoms with E-state index in [1.54, 1.807) is 32.5 Å². The van der Waals surface area contributed by atoms with Crippen LogP contribution in [0.2, 0.25) is 0 Å². The molecule has 0 radical (unpaired) electrons. The Hall–Kier alpha value is -3.02. The number of hydrogen-bond acceptors (Lipinski definition) is 8. The van der Waals surface area contributed by atoms with Gasteiger partial charge in [0.05, 0.1) is 25.4 Å². The fourth-order valence-corrected chi connectivity index (χ4v) is 2.98. The fourth-order valence-electron chi connectivity index (χ4n) is 2.62. The minimum Gasteiger partial charge on any atom is -0.493 e. The van der Waals surface area contributed by atoms with Gasteiger partial charge in [0.2, 0.25) is 0 Å². The molecule has 0 fully saturated rings. The Labute approximate surface area is 161 Å². The van der Waals surface area contributed by atoms with Gasteiger partial charge in [0.25, 0.3) is 0 Å². The third kappa shape index (κ3) is 4.63. The van der Waals surface area contributed by atoms with Crippen LogP contribution < -0.4 is 19.5 Å². The molecule has 1 aromatic carbocycles. The lowest BCUT2D eigenvalue weighted by atomic mass is 10.1. The van der Waals surface area contributed by atoms with Gasteiger partial charge in [-0.15, -0.1) is 0 Å². The Balaban J connectivity index is 1.82. The molecule has 0 aliphatic carbocycles. The Bertz CT molecular complexity index is 1070. The van der Waals surface area contributed by atoms with Crippen LogP contribution in [0, 0.1) is 0 Å². The fraction of sp³-hybridized carbons (Fsp3) is 0.235. The van der Waals surface area contributed by atoms with E-state index in [1.807, 2.05) is 16.9 Å². The van der Waals surface area contributed by atoms with Crippen LogP contribution in [-0.2, 0) is 10.3 Å². The SMILES string of the molecule is COc1cc2ncnc(-c3ccc(NCCNS(=O)(=O)O)nc3)c2cc1OC. The van der Waals surface area contributed by atoms with Crippen molar-refractivity contribution in [2.75, 3.05) is 32.6 Å². The first-order valence-corrected chi connectivity index (χ1v) is 9.64. The van der Waals surface area contributed by atoms with Gasteiger partial charge in [-0.2, -0.15) is 13.1 Å². The molecular weight excluding hydrogens is 386 g/mol. The van der Waals surface area contributed by atoms with Crippen molar-refractivity contribution in [2.45, 2.75) is 0 Å². The summed E-state index contributed by atoms with van der Waals surface area (Å²) in [6.45, 7) is 0.292. The molecule has 0 spiro atoms. The number of rotatable bonds is 8. The molecule has 0 aliphatic heterocycles. The number of methoxy groups -OCH3 is 2. The van der Waals surface area contributed by atoms with E-state index >= 15 is 0 Å². The number of hydrogen-bond donors (Lipinski definition) is 3. The van der Waals surface area contributed by atoms with Crippen LogP contribution in [-0.4, -0.2) is 55.2 Å². The van der Waals surface area contributed by atoms with Gasteiger partial charge in [-0.25, -0.2) is 15.0 Å². The van der Waals surface area contributed by atoms with Crippen molar-refractivity contribution in [3.63, 3.8) is 0 Å². The number of nitrogens with one attached hydrogen (secondary N) is 2. The highest BCUT2D eigenvalue weighted by atomic mass is 32.2. The molecule has 0 saturated heterocycles. The number of anilines is 1. The molecule has 10 nitrogen and oxygen atoms in total. The topological polar surface area (TPSA) is 136 Å². The normalized spacial score (nSPS) is 11.4. The predicted octanol–water partition coefficient (Wildman–Crippen LogP) is 1.51. The quantitative estimate of drug-likeness (QED) is 0.376. The summed E-state index contributed by atoms with van der Waals surface area (Å²) >= 11 is 0. The summed E-state index contributed by atoms with van der Waals surface area (Å²) in [5, 5.41) is 3.74. The largest absolute Gasteiger partial charge is 0.493 e. The number of nitrogens with zero attached hydrogens (tertiary/aromatic N) is 3. The van der Waals surface area contributed by atoms with E-state index in [0.29, 0.717) is 28.5 Å². The molecular formula is C17H19N5O5S. The highest BCUT2D eigenvalue weighted by Crippen LogP contribution is 2.35. The molecule has 0 unspecified atom stereocenters. The maximum Gasteiger partial charge on any atom is 0.333 e. The first-order chi connectivity index (χ1) is 13.4. The van der Waals surface area contributed by atoms with Crippen LogP contribution in [0.4, 0.5) is 5.82 Å². The Morgan fingerprint density at radius 3 is 2.43 bits per heavy atom.